The lowest BCUT2D eigenvalue weighted by atomic mass is 9.75. The van der Waals surface area contributed by atoms with Crippen LogP contribution in [0.25, 0.3) is 0 Å². The smallest absolute Gasteiger partial charge is 0.254 e. The molecule has 0 bridgehead atoms. The molecule has 0 aliphatic carbocycles. The monoisotopic (exact) mass is 478 g/mol. The molecule has 184 valence electrons. The molecule has 2 amide bonds. The van der Waals surface area contributed by atoms with Crippen LogP contribution < -0.4 is 9.47 Å². The molecule has 2 saturated heterocycles. The second kappa shape index (κ2) is 8.53. The maximum absolute atomic E-state index is 14.3. The summed E-state index contributed by atoms with van der Waals surface area (Å²) in [4.78, 5) is 31.8. The van der Waals surface area contributed by atoms with Crippen LogP contribution in [0.5, 0.6) is 11.5 Å². The van der Waals surface area contributed by atoms with Crippen molar-refractivity contribution in [3.05, 3.63) is 58.7 Å². The first-order valence-electron chi connectivity index (χ1n) is 12.3. The molecule has 0 aromatic heterocycles. The highest BCUT2D eigenvalue weighted by Gasteiger charge is 2.49. The summed E-state index contributed by atoms with van der Waals surface area (Å²) in [6.07, 6.45) is 2.06. The van der Waals surface area contributed by atoms with Crippen molar-refractivity contribution in [3.63, 3.8) is 0 Å². The first kappa shape index (κ1) is 22.4. The first-order chi connectivity index (χ1) is 17.0. The summed E-state index contributed by atoms with van der Waals surface area (Å²) in [6, 6.07) is 11.3. The van der Waals surface area contributed by atoms with E-state index in [0.717, 1.165) is 12.0 Å². The van der Waals surface area contributed by atoms with Crippen LogP contribution >= 0.6 is 0 Å². The van der Waals surface area contributed by atoms with Gasteiger partial charge < -0.3 is 28.7 Å². The van der Waals surface area contributed by atoms with E-state index < -0.39 is 11.7 Å². The number of fused-ring (bicyclic) bond motifs is 4. The van der Waals surface area contributed by atoms with E-state index in [2.05, 4.69) is 12.1 Å². The van der Waals surface area contributed by atoms with Gasteiger partial charge in [0.1, 0.15) is 0 Å². The van der Waals surface area contributed by atoms with Crippen LogP contribution in [-0.4, -0.2) is 74.5 Å². The molecule has 4 aliphatic heterocycles. The van der Waals surface area contributed by atoms with E-state index in [0.29, 0.717) is 68.3 Å². The lowest BCUT2D eigenvalue weighted by molar-refractivity contribution is -0.188. The third kappa shape index (κ3) is 3.50. The van der Waals surface area contributed by atoms with Crippen molar-refractivity contribution < 1.29 is 28.5 Å². The molecule has 2 atom stereocenters. The zero-order valence-corrected chi connectivity index (χ0v) is 20.1. The largest absolute Gasteiger partial charge is 0.493 e. The molecule has 8 heteroatoms. The van der Waals surface area contributed by atoms with Gasteiger partial charge in [-0.15, -0.1) is 0 Å². The first-order valence-corrected chi connectivity index (χ1v) is 12.3. The lowest BCUT2D eigenvalue weighted by Crippen LogP contribution is -2.53. The normalized spacial score (nSPS) is 24.6. The number of methoxy groups -OCH3 is 2. The van der Waals surface area contributed by atoms with Crippen molar-refractivity contribution in [1.29, 1.82) is 0 Å². The highest BCUT2D eigenvalue weighted by atomic mass is 16.7. The van der Waals surface area contributed by atoms with Crippen LogP contribution in [0.3, 0.4) is 0 Å². The Morgan fingerprint density at radius 2 is 1.66 bits per heavy atom. The molecule has 6 rings (SSSR count). The van der Waals surface area contributed by atoms with Crippen LogP contribution in [0.4, 0.5) is 0 Å². The fraction of sp³-hybridized carbons (Fsp3) is 0.481. The number of carbonyl (C=O) groups is 2. The van der Waals surface area contributed by atoms with Gasteiger partial charge in [-0.05, 0) is 35.2 Å². The summed E-state index contributed by atoms with van der Waals surface area (Å²) < 4.78 is 22.8. The molecule has 0 N–H and O–H groups in total. The van der Waals surface area contributed by atoms with E-state index in [1.54, 1.807) is 20.3 Å². The Morgan fingerprint density at radius 1 is 0.971 bits per heavy atom. The van der Waals surface area contributed by atoms with Crippen molar-refractivity contribution in [1.82, 2.24) is 9.80 Å². The Bertz CT molecular complexity index is 1160. The van der Waals surface area contributed by atoms with E-state index in [9.17, 15) is 9.59 Å². The Labute approximate surface area is 204 Å². The third-order valence-corrected chi connectivity index (χ3v) is 7.95. The van der Waals surface area contributed by atoms with Gasteiger partial charge in [0.15, 0.2) is 17.3 Å². The van der Waals surface area contributed by atoms with Crippen molar-refractivity contribution >= 4 is 11.8 Å². The molecule has 0 saturated carbocycles. The van der Waals surface area contributed by atoms with Crippen molar-refractivity contribution in [2.75, 3.05) is 47.1 Å². The van der Waals surface area contributed by atoms with Gasteiger partial charge in [-0.2, -0.15) is 0 Å². The number of likely N-dealkylation sites (tertiary alicyclic amines) is 1. The number of benzene rings is 2. The molecule has 2 aromatic carbocycles. The van der Waals surface area contributed by atoms with Crippen LogP contribution in [0.15, 0.2) is 36.4 Å². The van der Waals surface area contributed by atoms with Gasteiger partial charge >= 0.3 is 0 Å². The zero-order chi connectivity index (χ0) is 24.2. The Morgan fingerprint density at radius 3 is 2.37 bits per heavy atom. The summed E-state index contributed by atoms with van der Waals surface area (Å²) in [5.74, 6) is -0.155. The van der Waals surface area contributed by atoms with Crippen molar-refractivity contribution in [3.8, 4) is 11.5 Å². The Kier molecular flexibility index (Phi) is 5.45. The van der Waals surface area contributed by atoms with E-state index >= 15 is 0 Å². The predicted molar refractivity (Wildman–Crippen MR) is 127 cm³/mol. The highest BCUT2D eigenvalue weighted by Crippen LogP contribution is 2.49. The molecular formula is C27H30N2O6. The summed E-state index contributed by atoms with van der Waals surface area (Å²) in [5, 5.41) is 0. The van der Waals surface area contributed by atoms with Gasteiger partial charge in [0.25, 0.3) is 5.91 Å². The average molecular weight is 479 g/mol. The number of hydrogen-bond acceptors (Lipinski definition) is 6. The molecule has 1 spiro atoms. The quantitative estimate of drug-likeness (QED) is 0.675. The molecule has 0 radical (unpaired) electrons. The number of hydrogen-bond donors (Lipinski definition) is 0. The van der Waals surface area contributed by atoms with Gasteiger partial charge in [0, 0.05) is 38.0 Å². The van der Waals surface area contributed by atoms with Gasteiger partial charge in [-0.25, -0.2) is 0 Å². The lowest BCUT2D eigenvalue weighted by Gasteiger charge is -2.47. The minimum Gasteiger partial charge on any atom is -0.493 e. The number of piperidine rings is 1. The second-order valence-electron chi connectivity index (χ2n) is 9.60. The van der Waals surface area contributed by atoms with Crippen LogP contribution in [0, 0.1) is 0 Å². The minimum atomic E-state index is -0.558. The summed E-state index contributed by atoms with van der Waals surface area (Å²) >= 11 is 0. The maximum atomic E-state index is 14.3. The van der Waals surface area contributed by atoms with E-state index in [1.807, 2.05) is 28.0 Å². The standard InChI is InChI=1S/C27H30N2O6/c1-32-21-15-19-20(16-22(21)33-2)25(30)29-10-7-17-5-3-4-6-18(17)24(29)23(19)26(31)28-11-8-27(9-12-28)34-13-14-35-27/h3-6,15-16,23-24H,7-14H2,1-2H3/t23-,24-/m0/s1. The number of amides is 2. The minimum absolute atomic E-state index is 0.0190. The van der Waals surface area contributed by atoms with Crippen LogP contribution in [0.1, 0.15) is 51.8 Å². The summed E-state index contributed by atoms with van der Waals surface area (Å²) in [5.41, 5.74) is 3.44. The summed E-state index contributed by atoms with van der Waals surface area (Å²) in [7, 11) is 3.12. The molecular weight excluding hydrogens is 448 g/mol. The molecule has 4 heterocycles. The van der Waals surface area contributed by atoms with Gasteiger partial charge in [-0.1, -0.05) is 24.3 Å². The molecule has 8 nitrogen and oxygen atoms in total. The van der Waals surface area contributed by atoms with Gasteiger partial charge in [-0.3, -0.25) is 9.59 Å². The Hall–Kier alpha value is -3.10. The van der Waals surface area contributed by atoms with Crippen molar-refractivity contribution in [2.45, 2.75) is 37.0 Å². The number of nitrogens with zero attached hydrogens (tertiary/aromatic N) is 2. The van der Waals surface area contributed by atoms with E-state index in [1.165, 1.54) is 5.56 Å². The van der Waals surface area contributed by atoms with Crippen LogP contribution in [-0.2, 0) is 20.7 Å². The molecule has 0 unspecified atom stereocenters. The molecule has 2 fully saturated rings. The third-order valence-electron chi connectivity index (χ3n) is 7.95. The predicted octanol–water partition coefficient (Wildman–Crippen LogP) is 2.91. The summed E-state index contributed by atoms with van der Waals surface area (Å²) in [6.45, 7) is 2.88. The molecule has 2 aromatic rings. The number of ether oxygens (including phenoxy) is 4. The van der Waals surface area contributed by atoms with E-state index in [4.69, 9.17) is 18.9 Å². The van der Waals surface area contributed by atoms with Crippen molar-refractivity contribution in [2.24, 2.45) is 0 Å². The number of rotatable bonds is 3. The fourth-order valence-corrected chi connectivity index (χ4v) is 6.17. The second-order valence-corrected chi connectivity index (χ2v) is 9.60. The SMILES string of the molecule is COc1cc2c(cc1OC)[C@H](C(=O)N1CCC3(CC1)OCCO3)[C@@H]1c3ccccc3CCN1C2=O. The molecule has 35 heavy (non-hydrogen) atoms. The Balaban J connectivity index is 1.44. The van der Waals surface area contributed by atoms with Crippen LogP contribution in [0.2, 0.25) is 0 Å². The van der Waals surface area contributed by atoms with Gasteiger partial charge in [0.05, 0.1) is 39.4 Å². The zero-order valence-electron chi connectivity index (χ0n) is 20.1. The average Bonchev–Trinajstić information content (AvgIpc) is 3.35. The number of carbonyl (C=O) groups excluding carboxylic acids is 2. The van der Waals surface area contributed by atoms with Gasteiger partial charge in [0.2, 0.25) is 5.91 Å². The topological polar surface area (TPSA) is 77.5 Å². The molecule has 4 aliphatic rings. The highest BCUT2D eigenvalue weighted by molar-refractivity contribution is 6.02. The fourth-order valence-electron chi connectivity index (χ4n) is 6.17. The maximum Gasteiger partial charge on any atom is 0.254 e. The van der Waals surface area contributed by atoms with E-state index in [-0.39, 0.29) is 17.9 Å².